The minimum atomic E-state index is 0.290. The highest BCUT2D eigenvalue weighted by molar-refractivity contribution is 7.80. The van der Waals surface area contributed by atoms with E-state index in [1.54, 1.807) is 12.1 Å². The highest BCUT2D eigenvalue weighted by atomic mass is 35.5. The standard InChI is InChI=1S/C12H12ClN3OS/c1-7-4-9(16-17-7)6-15-8-2-3-10(12(14)18)11(13)5-8/h2-5,15H,6H2,1H3,(H2,14,18). The fourth-order valence-corrected chi connectivity index (χ4v) is 2.04. The quantitative estimate of drug-likeness (QED) is 0.844. The maximum absolute atomic E-state index is 6.07. The van der Waals surface area contributed by atoms with Gasteiger partial charge in [-0.25, -0.2) is 0 Å². The molecule has 2 rings (SSSR count). The molecule has 0 fully saturated rings. The second-order valence-electron chi connectivity index (χ2n) is 3.84. The molecule has 2 aromatic rings. The Morgan fingerprint density at radius 3 is 2.83 bits per heavy atom. The summed E-state index contributed by atoms with van der Waals surface area (Å²) in [5.74, 6) is 0.786. The van der Waals surface area contributed by atoms with Crippen molar-refractivity contribution < 1.29 is 4.52 Å². The minimum absolute atomic E-state index is 0.290. The number of hydrogen-bond acceptors (Lipinski definition) is 4. The summed E-state index contributed by atoms with van der Waals surface area (Å²) in [6.07, 6.45) is 0. The van der Waals surface area contributed by atoms with Gasteiger partial charge in [0.2, 0.25) is 0 Å². The van der Waals surface area contributed by atoms with E-state index in [0.717, 1.165) is 17.1 Å². The molecule has 1 aromatic carbocycles. The van der Waals surface area contributed by atoms with Gasteiger partial charge in [0.05, 0.1) is 11.6 Å². The third kappa shape index (κ3) is 3.00. The molecule has 4 nitrogen and oxygen atoms in total. The van der Waals surface area contributed by atoms with Gasteiger partial charge >= 0.3 is 0 Å². The maximum Gasteiger partial charge on any atom is 0.133 e. The first-order valence-corrected chi connectivity index (χ1v) is 6.10. The van der Waals surface area contributed by atoms with Gasteiger partial charge in [0.25, 0.3) is 0 Å². The predicted molar refractivity (Wildman–Crippen MR) is 75.9 cm³/mol. The zero-order valence-electron chi connectivity index (χ0n) is 9.74. The third-order valence-electron chi connectivity index (χ3n) is 2.38. The number of nitrogens with one attached hydrogen (secondary N) is 1. The number of nitrogens with zero attached hydrogens (tertiary/aromatic N) is 1. The largest absolute Gasteiger partial charge is 0.389 e. The van der Waals surface area contributed by atoms with Crippen molar-refractivity contribution in [2.45, 2.75) is 13.5 Å². The Bertz CT molecular complexity index is 582. The number of aromatic nitrogens is 1. The van der Waals surface area contributed by atoms with Crippen LogP contribution in [0.3, 0.4) is 0 Å². The zero-order chi connectivity index (χ0) is 13.1. The summed E-state index contributed by atoms with van der Waals surface area (Å²) in [4.78, 5) is 0.290. The summed E-state index contributed by atoms with van der Waals surface area (Å²) < 4.78 is 4.98. The van der Waals surface area contributed by atoms with Crippen molar-refractivity contribution in [2.24, 2.45) is 5.73 Å². The molecule has 18 heavy (non-hydrogen) atoms. The first kappa shape index (κ1) is 12.9. The molecule has 0 saturated heterocycles. The SMILES string of the molecule is Cc1cc(CNc2ccc(C(N)=S)c(Cl)c2)no1. The first-order valence-electron chi connectivity index (χ1n) is 5.31. The highest BCUT2D eigenvalue weighted by Crippen LogP contribution is 2.21. The van der Waals surface area contributed by atoms with E-state index < -0.39 is 0 Å². The maximum atomic E-state index is 6.07. The van der Waals surface area contributed by atoms with E-state index in [-0.39, 0.29) is 0 Å². The Labute approximate surface area is 115 Å². The van der Waals surface area contributed by atoms with Gasteiger partial charge in [0.1, 0.15) is 16.4 Å². The minimum Gasteiger partial charge on any atom is -0.389 e. The van der Waals surface area contributed by atoms with Gasteiger partial charge in [-0.15, -0.1) is 0 Å². The van der Waals surface area contributed by atoms with Crippen molar-refractivity contribution >= 4 is 34.5 Å². The second kappa shape index (κ2) is 5.37. The summed E-state index contributed by atoms with van der Waals surface area (Å²) in [5.41, 5.74) is 7.92. The summed E-state index contributed by atoms with van der Waals surface area (Å²) in [6.45, 7) is 2.42. The molecule has 0 bridgehead atoms. The Kier molecular flexibility index (Phi) is 3.84. The van der Waals surface area contributed by atoms with Crippen LogP contribution < -0.4 is 11.1 Å². The zero-order valence-corrected chi connectivity index (χ0v) is 11.3. The molecule has 1 heterocycles. The van der Waals surface area contributed by atoms with Gasteiger partial charge in [-0.1, -0.05) is 29.0 Å². The van der Waals surface area contributed by atoms with Crippen molar-refractivity contribution in [3.05, 3.63) is 46.3 Å². The van der Waals surface area contributed by atoms with Crippen LogP contribution in [0.25, 0.3) is 0 Å². The average Bonchev–Trinajstić information content (AvgIpc) is 2.72. The normalized spacial score (nSPS) is 10.3. The summed E-state index contributed by atoms with van der Waals surface area (Å²) in [6, 6.07) is 7.31. The predicted octanol–water partition coefficient (Wildman–Crippen LogP) is 2.88. The lowest BCUT2D eigenvalue weighted by atomic mass is 10.2. The molecule has 0 aliphatic rings. The summed E-state index contributed by atoms with van der Waals surface area (Å²) >= 11 is 11.0. The van der Waals surface area contributed by atoms with E-state index in [1.807, 2.05) is 19.1 Å². The number of thiocarbonyl (C=S) groups is 1. The molecule has 0 aliphatic heterocycles. The van der Waals surface area contributed by atoms with Crippen molar-refractivity contribution in [3.8, 4) is 0 Å². The highest BCUT2D eigenvalue weighted by Gasteiger charge is 2.05. The van der Waals surface area contributed by atoms with E-state index in [9.17, 15) is 0 Å². The first-order chi connectivity index (χ1) is 8.56. The Morgan fingerprint density at radius 1 is 1.50 bits per heavy atom. The van der Waals surface area contributed by atoms with Gasteiger partial charge in [0.15, 0.2) is 0 Å². The number of aryl methyl sites for hydroxylation is 1. The van der Waals surface area contributed by atoms with Crippen molar-refractivity contribution in [1.29, 1.82) is 0 Å². The Morgan fingerprint density at radius 2 is 2.28 bits per heavy atom. The molecule has 0 spiro atoms. The van der Waals surface area contributed by atoms with E-state index >= 15 is 0 Å². The van der Waals surface area contributed by atoms with E-state index in [1.165, 1.54) is 0 Å². The monoisotopic (exact) mass is 281 g/mol. The number of nitrogens with two attached hydrogens (primary N) is 1. The van der Waals surface area contributed by atoms with Crippen molar-refractivity contribution in [1.82, 2.24) is 5.16 Å². The number of anilines is 1. The number of halogens is 1. The van der Waals surface area contributed by atoms with Gasteiger partial charge in [-0.2, -0.15) is 0 Å². The molecule has 0 unspecified atom stereocenters. The van der Waals surface area contributed by atoms with Crippen molar-refractivity contribution in [2.75, 3.05) is 5.32 Å². The van der Waals surface area contributed by atoms with Crippen LogP contribution in [-0.4, -0.2) is 10.1 Å². The number of hydrogen-bond donors (Lipinski definition) is 2. The molecule has 1 aromatic heterocycles. The molecular formula is C12H12ClN3OS. The van der Waals surface area contributed by atoms with Crippen molar-refractivity contribution in [3.63, 3.8) is 0 Å². The van der Waals surface area contributed by atoms with Gasteiger partial charge in [-0.3, -0.25) is 0 Å². The van der Waals surface area contributed by atoms with Gasteiger partial charge in [0, 0.05) is 17.3 Å². The molecule has 6 heteroatoms. The lowest BCUT2D eigenvalue weighted by Crippen LogP contribution is -2.10. The number of benzene rings is 1. The van der Waals surface area contributed by atoms with Crippen LogP contribution >= 0.6 is 23.8 Å². The van der Waals surface area contributed by atoms with E-state index in [0.29, 0.717) is 22.1 Å². The molecule has 94 valence electrons. The molecule has 0 radical (unpaired) electrons. The summed E-state index contributed by atoms with van der Waals surface area (Å²) in [7, 11) is 0. The molecule has 0 atom stereocenters. The van der Waals surface area contributed by atoms with E-state index in [4.69, 9.17) is 34.1 Å². The van der Waals surface area contributed by atoms with Crippen LogP contribution in [0.2, 0.25) is 5.02 Å². The van der Waals surface area contributed by atoms with Crippen LogP contribution in [0.15, 0.2) is 28.8 Å². The van der Waals surface area contributed by atoms with Crippen LogP contribution in [0, 0.1) is 6.92 Å². The molecule has 0 amide bonds. The molecule has 3 N–H and O–H groups in total. The van der Waals surface area contributed by atoms with Crippen LogP contribution in [0.5, 0.6) is 0 Å². The lowest BCUT2D eigenvalue weighted by molar-refractivity contribution is 0.391. The van der Waals surface area contributed by atoms with Crippen LogP contribution in [-0.2, 0) is 6.54 Å². The third-order valence-corrected chi connectivity index (χ3v) is 2.92. The fraction of sp³-hybridized carbons (Fsp3) is 0.167. The fourth-order valence-electron chi connectivity index (χ4n) is 1.52. The van der Waals surface area contributed by atoms with Gasteiger partial charge in [-0.05, 0) is 25.1 Å². The lowest BCUT2D eigenvalue weighted by Gasteiger charge is -2.07. The van der Waals surface area contributed by atoms with Gasteiger partial charge < -0.3 is 15.6 Å². The molecular weight excluding hydrogens is 270 g/mol. The summed E-state index contributed by atoms with van der Waals surface area (Å²) in [5, 5.41) is 7.61. The second-order valence-corrected chi connectivity index (χ2v) is 4.69. The molecule has 0 aliphatic carbocycles. The number of rotatable bonds is 4. The van der Waals surface area contributed by atoms with E-state index in [2.05, 4.69) is 10.5 Å². The average molecular weight is 282 g/mol. The smallest absolute Gasteiger partial charge is 0.133 e. The Balaban J connectivity index is 2.06. The topological polar surface area (TPSA) is 64.1 Å². The van der Waals surface area contributed by atoms with Crippen LogP contribution in [0.4, 0.5) is 5.69 Å². The Hall–Kier alpha value is -1.59. The van der Waals surface area contributed by atoms with Crippen LogP contribution in [0.1, 0.15) is 17.0 Å². The molecule has 0 saturated carbocycles.